The van der Waals surface area contributed by atoms with Crippen LogP contribution in [0.4, 0.5) is 11.6 Å². The Hall–Kier alpha value is -3.72. The maximum atomic E-state index is 12.6. The van der Waals surface area contributed by atoms with Crippen LogP contribution in [0.3, 0.4) is 0 Å². The third kappa shape index (κ3) is 4.47. The van der Waals surface area contributed by atoms with Crippen LogP contribution in [0.5, 0.6) is 0 Å². The van der Waals surface area contributed by atoms with E-state index in [-0.39, 0.29) is 11.7 Å². The van der Waals surface area contributed by atoms with E-state index in [4.69, 9.17) is 5.26 Å². The van der Waals surface area contributed by atoms with Crippen molar-refractivity contribution in [1.82, 2.24) is 9.97 Å². The molecule has 1 amide bonds. The van der Waals surface area contributed by atoms with E-state index in [0.717, 1.165) is 5.56 Å². The summed E-state index contributed by atoms with van der Waals surface area (Å²) < 4.78 is 0. The average molecular weight is 357 g/mol. The van der Waals surface area contributed by atoms with Gasteiger partial charge in [0, 0.05) is 5.69 Å². The number of carbonyl (C=O) groups is 1. The van der Waals surface area contributed by atoms with Gasteiger partial charge in [0.05, 0.1) is 17.3 Å². The molecular formula is C21H19N5O. The molecule has 0 saturated carbocycles. The van der Waals surface area contributed by atoms with Gasteiger partial charge in [0.2, 0.25) is 5.95 Å². The van der Waals surface area contributed by atoms with Gasteiger partial charge in [-0.1, -0.05) is 42.5 Å². The summed E-state index contributed by atoms with van der Waals surface area (Å²) >= 11 is 0. The number of amides is 1. The highest BCUT2D eigenvalue weighted by molar-refractivity contribution is 6.03. The Balaban J connectivity index is 1.80. The number of aromatic nitrogens is 2. The van der Waals surface area contributed by atoms with E-state index in [2.05, 4.69) is 26.7 Å². The minimum atomic E-state index is -0.390. The number of benzene rings is 2. The molecule has 1 unspecified atom stereocenters. The second kappa shape index (κ2) is 8.11. The Morgan fingerprint density at radius 1 is 1.07 bits per heavy atom. The van der Waals surface area contributed by atoms with Gasteiger partial charge in [0.25, 0.3) is 5.91 Å². The molecule has 0 radical (unpaired) electrons. The van der Waals surface area contributed by atoms with Crippen molar-refractivity contribution in [3.05, 3.63) is 83.2 Å². The van der Waals surface area contributed by atoms with Gasteiger partial charge in [-0.05, 0) is 37.6 Å². The summed E-state index contributed by atoms with van der Waals surface area (Å²) in [5.74, 6) is -0.0105. The van der Waals surface area contributed by atoms with Crippen LogP contribution < -0.4 is 10.6 Å². The predicted octanol–water partition coefficient (Wildman–Crippen LogP) is 4.08. The molecule has 3 aromatic rings. The van der Waals surface area contributed by atoms with Crippen molar-refractivity contribution >= 4 is 17.5 Å². The van der Waals surface area contributed by atoms with Crippen molar-refractivity contribution in [2.24, 2.45) is 0 Å². The number of hydrogen-bond acceptors (Lipinski definition) is 5. The molecule has 1 aromatic heterocycles. The molecule has 6 nitrogen and oxygen atoms in total. The van der Waals surface area contributed by atoms with Gasteiger partial charge in [-0.2, -0.15) is 5.26 Å². The zero-order chi connectivity index (χ0) is 19.2. The number of nitriles is 1. The van der Waals surface area contributed by atoms with Crippen molar-refractivity contribution in [2.45, 2.75) is 19.9 Å². The number of carbonyl (C=O) groups excluding carboxylic acids is 1. The van der Waals surface area contributed by atoms with Crippen LogP contribution in [0.1, 0.15) is 40.3 Å². The van der Waals surface area contributed by atoms with Crippen molar-refractivity contribution < 1.29 is 4.79 Å². The number of anilines is 2. The summed E-state index contributed by atoms with van der Waals surface area (Å²) in [7, 11) is 0. The van der Waals surface area contributed by atoms with Crippen LogP contribution in [0.2, 0.25) is 0 Å². The van der Waals surface area contributed by atoms with E-state index in [0.29, 0.717) is 22.9 Å². The monoisotopic (exact) mass is 357 g/mol. The standard InChI is InChI=1S/C21H19N5O/c1-14-12-19(20(27)25-18-11-7-6-10-17(18)13-22)26-21(23-14)24-15(2)16-8-4-3-5-9-16/h3-12,15H,1-2H3,(H,25,27)(H,23,24,26). The average Bonchev–Trinajstić information content (AvgIpc) is 2.68. The lowest BCUT2D eigenvalue weighted by molar-refractivity contribution is 0.102. The number of aryl methyl sites for hydroxylation is 1. The van der Waals surface area contributed by atoms with Crippen LogP contribution in [-0.2, 0) is 0 Å². The fourth-order valence-electron chi connectivity index (χ4n) is 2.64. The van der Waals surface area contributed by atoms with Crippen LogP contribution >= 0.6 is 0 Å². The third-order valence-electron chi connectivity index (χ3n) is 4.03. The molecule has 27 heavy (non-hydrogen) atoms. The Morgan fingerprint density at radius 2 is 1.78 bits per heavy atom. The molecule has 134 valence electrons. The predicted molar refractivity (Wildman–Crippen MR) is 104 cm³/mol. The first-order valence-electron chi connectivity index (χ1n) is 8.54. The van der Waals surface area contributed by atoms with Crippen LogP contribution in [-0.4, -0.2) is 15.9 Å². The molecule has 0 fully saturated rings. The van der Waals surface area contributed by atoms with E-state index in [1.807, 2.05) is 37.3 Å². The summed E-state index contributed by atoms with van der Waals surface area (Å²) in [5, 5.41) is 15.1. The van der Waals surface area contributed by atoms with Crippen molar-refractivity contribution in [1.29, 1.82) is 5.26 Å². The van der Waals surface area contributed by atoms with Gasteiger partial charge >= 0.3 is 0 Å². The molecule has 1 heterocycles. The maximum absolute atomic E-state index is 12.6. The molecule has 3 rings (SSSR count). The highest BCUT2D eigenvalue weighted by atomic mass is 16.1. The number of nitrogens with one attached hydrogen (secondary N) is 2. The summed E-state index contributed by atoms with van der Waals surface area (Å²) in [4.78, 5) is 21.3. The largest absolute Gasteiger partial charge is 0.348 e. The van der Waals surface area contributed by atoms with E-state index >= 15 is 0 Å². The summed E-state index contributed by atoms with van der Waals surface area (Å²) in [6.07, 6.45) is 0. The first kappa shape index (κ1) is 18.1. The Kier molecular flexibility index (Phi) is 5.43. The van der Waals surface area contributed by atoms with E-state index in [1.54, 1.807) is 37.3 Å². The second-order valence-electron chi connectivity index (χ2n) is 6.11. The first-order chi connectivity index (χ1) is 13.1. The molecule has 0 saturated heterocycles. The molecule has 2 aromatic carbocycles. The zero-order valence-corrected chi connectivity index (χ0v) is 15.1. The van der Waals surface area contributed by atoms with Gasteiger partial charge in [-0.3, -0.25) is 4.79 Å². The lowest BCUT2D eigenvalue weighted by Crippen LogP contribution is -2.17. The Morgan fingerprint density at radius 3 is 2.52 bits per heavy atom. The summed E-state index contributed by atoms with van der Waals surface area (Å²) in [5.41, 5.74) is 2.85. The SMILES string of the molecule is Cc1cc(C(=O)Nc2ccccc2C#N)nc(NC(C)c2ccccc2)n1. The fourth-order valence-corrected chi connectivity index (χ4v) is 2.64. The molecule has 6 heteroatoms. The highest BCUT2D eigenvalue weighted by Gasteiger charge is 2.14. The molecule has 0 aliphatic carbocycles. The molecular weight excluding hydrogens is 338 g/mol. The number of rotatable bonds is 5. The van der Waals surface area contributed by atoms with Crippen LogP contribution in [0.25, 0.3) is 0 Å². The van der Waals surface area contributed by atoms with Crippen LogP contribution in [0, 0.1) is 18.3 Å². The van der Waals surface area contributed by atoms with Gasteiger partial charge in [0.1, 0.15) is 11.8 Å². The number of para-hydroxylation sites is 1. The summed E-state index contributed by atoms with van der Waals surface area (Å²) in [6.45, 7) is 3.81. The van der Waals surface area contributed by atoms with E-state index < -0.39 is 5.91 Å². The van der Waals surface area contributed by atoms with Gasteiger partial charge in [-0.25, -0.2) is 9.97 Å². The zero-order valence-electron chi connectivity index (χ0n) is 15.1. The van der Waals surface area contributed by atoms with E-state index in [1.165, 1.54) is 0 Å². The van der Waals surface area contributed by atoms with Gasteiger partial charge < -0.3 is 10.6 Å². The molecule has 0 aliphatic heterocycles. The lowest BCUT2D eigenvalue weighted by Gasteiger charge is -2.15. The molecule has 1 atom stereocenters. The first-order valence-corrected chi connectivity index (χ1v) is 8.54. The molecule has 0 bridgehead atoms. The van der Waals surface area contributed by atoms with Crippen LogP contribution in [0.15, 0.2) is 60.7 Å². The fraction of sp³-hybridized carbons (Fsp3) is 0.143. The summed E-state index contributed by atoms with van der Waals surface area (Å²) in [6, 6.07) is 20.4. The minimum Gasteiger partial charge on any atom is -0.348 e. The smallest absolute Gasteiger partial charge is 0.274 e. The molecule has 0 aliphatic rings. The number of hydrogen-bond donors (Lipinski definition) is 2. The van der Waals surface area contributed by atoms with Crippen molar-refractivity contribution in [3.63, 3.8) is 0 Å². The Bertz CT molecular complexity index is 995. The Labute approximate surface area is 157 Å². The normalized spacial score (nSPS) is 11.3. The second-order valence-corrected chi connectivity index (χ2v) is 6.11. The molecule has 2 N–H and O–H groups in total. The quantitative estimate of drug-likeness (QED) is 0.718. The van der Waals surface area contributed by atoms with Crippen molar-refractivity contribution in [3.8, 4) is 6.07 Å². The lowest BCUT2D eigenvalue weighted by atomic mass is 10.1. The van der Waals surface area contributed by atoms with Gasteiger partial charge in [0.15, 0.2) is 0 Å². The number of nitrogens with zero attached hydrogens (tertiary/aromatic N) is 3. The van der Waals surface area contributed by atoms with Crippen molar-refractivity contribution in [2.75, 3.05) is 10.6 Å². The minimum absolute atomic E-state index is 0.0109. The third-order valence-corrected chi connectivity index (χ3v) is 4.03. The van der Waals surface area contributed by atoms with Gasteiger partial charge in [-0.15, -0.1) is 0 Å². The topological polar surface area (TPSA) is 90.7 Å². The maximum Gasteiger partial charge on any atom is 0.274 e. The highest BCUT2D eigenvalue weighted by Crippen LogP contribution is 2.18. The molecule has 0 spiro atoms. The van der Waals surface area contributed by atoms with E-state index in [9.17, 15) is 4.79 Å².